The number of nitriles is 1. The lowest BCUT2D eigenvalue weighted by atomic mass is 10.1. The maximum Gasteiger partial charge on any atom is 0.251 e. The molecule has 0 atom stereocenters. The zero-order valence-electron chi connectivity index (χ0n) is 13.6. The molecule has 26 heavy (non-hydrogen) atoms. The van der Waals surface area contributed by atoms with Crippen LogP contribution in [-0.2, 0) is 6.54 Å². The molecule has 0 spiro atoms. The highest BCUT2D eigenvalue weighted by atomic mass is 32.1. The van der Waals surface area contributed by atoms with Gasteiger partial charge in [-0.15, -0.1) is 11.3 Å². The Morgan fingerprint density at radius 3 is 2.88 bits per heavy atom. The quantitative estimate of drug-likeness (QED) is 0.587. The summed E-state index contributed by atoms with van der Waals surface area (Å²) >= 11 is 1.57. The van der Waals surface area contributed by atoms with E-state index in [4.69, 9.17) is 9.68 Å². The Kier molecular flexibility index (Phi) is 4.22. The number of hydrogen-bond donors (Lipinski definition) is 1. The minimum absolute atomic E-state index is 0.250. The molecule has 0 unspecified atom stereocenters. The van der Waals surface area contributed by atoms with Crippen molar-refractivity contribution >= 4 is 27.5 Å². The number of fused-ring (bicyclic) bond motifs is 1. The smallest absolute Gasteiger partial charge is 0.251 e. The zero-order chi connectivity index (χ0) is 17.9. The van der Waals surface area contributed by atoms with Gasteiger partial charge in [0.2, 0.25) is 0 Å². The molecule has 2 aromatic heterocycles. The van der Waals surface area contributed by atoms with Gasteiger partial charge in [0, 0.05) is 5.56 Å². The van der Waals surface area contributed by atoms with Crippen molar-refractivity contribution in [2.75, 3.05) is 0 Å². The molecule has 0 bridgehead atoms. The number of hydrogen-bond acceptors (Lipinski definition) is 5. The largest absolute Gasteiger partial charge is 0.457 e. The highest BCUT2D eigenvalue weighted by molar-refractivity contribution is 7.21. The summed E-state index contributed by atoms with van der Waals surface area (Å²) in [5.41, 5.74) is 1.84. The lowest BCUT2D eigenvalue weighted by molar-refractivity contribution is 0.0948. The second-order valence-corrected chi connectivity index (χ2v) is 6.66. The van der Waals surface area contributed by atoms with Crippen molar-refractivity contribution < 1.29 is 9.21 Å². The van der Waals surface area contributed by atoms with E-state index in [0.29, 0.717) is 22.6 Å². The molecule has 126 valence electrons. The van der Waals surface area contributed by atoms with Crippen LogP contribution < -0.4 is 5.32 Å². The first-order chi connectivity index (χ1) is 12.7. The van der Waals surface area contributed by atoms with E-state index in [1.807, 2.05) is 42.5 Å². The maximum absolute atomic E-state index is 12.2. The third kappa shape index (κ3) is 3.21. The molecule has 0 radical (unpaired) electrons. The number of nitrogens with one attached hydrogen (secondary N) is 1. The van der Waals surface area contributed by atoms with Crippen LogP contribution in [0.15, 0.2) is 65.1 Å². The summed E-state index contributed by atoms with van der Waals surface area (Å²) in [5, 5.41) is 12.5. The van der Waals surface area contributed by atoms with E-state index in [2.05, 4.69) is 10.3 Å². The van der Waals surface area contributed by atoms with Crippen LogP contribution in [0.5, 0.6) is 0 Å². The molecular formula is C20H13N3O2S. The highest BCUT2D eigenvalue weighted by Gasteiger charge is 2.12. The first-order valence-corrected chi connectivity index (χ1v) is 8.77. The molecule has 2 heterocycles. The van der Waals surface area contributed by atoms with Gasteiger partial charge < -0.3 is 9.73 Å². The van der Waals surface area contributed by atoms with E-state index in [1.165, 1.54) is 0 Å². The van der Waals surface area contributed by atoms with Crippen molar-refractivity contribution in [2.45, 2.75) is 6.54 Å². The van der Waals surface area contributed by atoms with Gasteiger partial charge in [0.15, 0.2) is 10.8 Å². The molecule has 1 amide bonds. The number of carbonyl (C=O) groups excluding carboxylic acids is 1. The van der Waals surface area contributed by atoms with Crippen LogP contribution in [-0.4, -0.2) is 10.9 Å². The predicted molar refractivity (Wildman–Crippen MR) is 99.6 cm³/mol. The molecule has 0 fully saturated rings. The molecule has 5 nitrogen and oxygen atoms in total. The second-order valence-electron chi connectivity index (χ2n) is 5.63. The van der Waals surface area contributed by atoms with E-state index in [9.17, 15) is 4.79 Å². The molecular weight excluding hydrogens is 346 g/mol. The molecule has 0 saturated carbocycles. The monoisotopic (exact) mass is 359 g/mol. The number of carbonyl (C=O) groups is 1. The third-order valence-electron chi connectivity index (χ3n) is 3.84. The second kappa shape index (κ2) is 6.82. The summed E-state index contributed by atoms with van der Waals surface area (Å²) in [6, 6.07) is 20.2. The van der Waals surface area contributed by atoms with E-state index in [1.54, 1.807) is 35.6 Å². The number of benzene rings is 2. The molecule has 6 heteroatoms. The van der Waals surface area contributed by atoms with Crippen LogP contribution >= 0.6 is 11.3 Å². The average Bonchev–Trinajstić information content (AvgIpc) is 3.32. The summed E-state index contributed by atoms with van der Waals surface area (Å²) in [5.74, 6) is 1.08. The number of furan rings is 1. The van der Waals surface area contributed by atoms with Gasteiger partial charge in [0.25, 0.3) is 5.91 Å². The number of amides is 1. The standard InChI is InChI=1S/C20H13N3O2S/c21-11-13-4-3-5-14(10-13)19(24)22-12-15-8-9-17(25-15)20-23-16-6-1-2-7-18(16)26-20/h1-10H,12H2,(H,22,24). The van der Waals surface area contributed by atoms with E-state index < -0.39 is 0 Å². The van der Waals surface area contributed by atoms with E-state index in [-0.39, 0.29) is 12.5 Å². The van der Waals surface area contributed by atoms with Gasteiger partial charge in [-0.1, -0.05) is 18.2 Å². The Morgan fingerprint density at radius 2 is 2.04 bits per heavy atom. The van der Waals surface area contributed by atoms with E-state index >= 15 is 0 Å². The van der Waals surface area contributed by atoms with Crippen LogP contribution in [0.25, 0.3) is 21.0 Å². The number of nitrogens with zero attached hydrogens (tertiary/aromatic N) is 2. The summed E-state index contributed by atoms with van der Waals surface area (Å²) < 4.78 is 6.91. The maximum atomic E-state index is 12.2. The van der Waals surface area contributed by atoms with Gasteiger partial charge in [-0.05, 0) is 42.5 Å². The van der Waals surface area contributed by atoms with Crippen LogP contribution in [0.4, 0.5) is 0 Å². The van der Waals surface area contributed by atoms with Crippen molar-refractivity contribution in [2.24, 2.45) is 0 Å². The summed E-state index contributed by atoms with van der Waals surface area (Å²) in [7, 11) is 0. The number of rotatable bonds is 4. The highest BCUT2D eigenvalue weighted by Crippen LogP contribution is 2.31. The summed E-state index contributed by atoms with van der Waals surface area (Å²) in [4.78, 5) is 16.8. The van der Waals surface area contributed by atoms with Gasteiger partial charge in [0.05, 0.1) is 28.4 Å². The number of aromatic nitrogens is 1. The normalized spacial score (nSPS) is 10.6. The van der Waals surface area contributed by atoms with Gasteiger partial charge in [0.1, 0.15) is 5.76 Å². The molecule has 1 N–H and O–H groups in total. The molecule has 0 saturated heterocycles. The van der Waals surface area contributed by atoms with Gasteiger partial charge >= 0.3 is 0 Å². The Morgan fingerprint density at radius 1 is 1.15 bits per heavy atom. The predicted octanol–water partition coefficient (Wildman–Crippen LogP) is 4.36. The zero-order valence-corrected chi connectivity index (χ0v) is 14.4. The van der Waals surface area contributed by atoms with E-state index in [0.717, 1.165) is 15.2 Å². The third-order valence-corrected chi connectivity index (χ3v) is 4.89. The molecule has 4 rings (SSSR count). The fraction of sp³-hybridized carbons (Fsp3) is 0.0500. The van der Waals surface area contributed by atoms with Crippen molar-refractivity contribution in [3.8, 4) is 16.8 Å². The van der Waals surface area contributed by atoms with Crippen molar-refractivity contribution in [1.82, 2.24) is 10.3 Å². The van der Waals surface area contributed by atoms with Crippen LogP contribution in [0.3, 0.4) is 0 Å². The van der Waals surface area contributed by atoms with Crippen molar-refractivity contribution in [3.05, 3.63) is 77.6 Å². The summed E-state index contributed by atoms with van der Waals surface area (Å²) in [6.07, 6.45) is 0. The fourth-order valence-corrected chi connectivity index (χ4v) is 3.49. The molecule has 0 aliphatic rings. The topological polar surface area (TPSA) is 78.9 Å². The Balaban J connectivity index is 1.46. The van der Waals surface area contributed by atoms with Gasteiger partial charge in [-0.2, -0.15) is 5.26 Å². The minimum Gasteiger partial charge on any atom is -0.457 e. The van der Waals surface area contributed by atoms with Gasteiger partial charge in [-0.3, -0.25) is 4.79 Å². The SMILES string of the molecule is N#Cc1cccc(C(=O)NCc2ccc(-c3nc4ccccc4s3)o2)c1. The fourth-order valence-electron chi connectivity index (χ4n) is 2.56. The number of thiazole rings is 1. The lowest BCUT2D eigenvalue weighted by Crippen LogP contribution is -2.22. The van der Waals surface area contributed by atoms with Crippen molar-refractivity contribution in [3.63, 3.8) is 0 Å². The molecule has 0 aliphatic heterocycles. The Labute approximate surface area is 153 Å². The first kappa shape index (κ1) is 16.1. The minimum atomic E-state index is -0.250. The van der Waals surface area contributed by atoms with Crippen LogP contribution in [0, 0.1) is 11.3 Å². The first-order valence-electron chi connectivity index (χ1n) is 7.96. The molecule has 4 aromatic rings. The lowest BCUT2D eigenvalue weighted by Gasteiger charge is -2.03. The summed E-state index contributed by atoms with van der Waals surface area (Å²) in [6.45, 7) is 0.264. The van der Waals surface area contributed by atoms with Gasteiger partial charge in [-0.25, -0.2) is 4.98 Å². The molecule has 0 aliphatic carbocycles. The van der Waals surface area contributed by atoms with Crippen LogP contribution in [0.1, 0.15) is 21.7 Å². The molecule has 2 aromatic carbocycles. The average molecular weight is 359 g/mol. The Hall–Kier alpha value is -3.43. The number of para-hydroxylation sites is 1. The Bertz CT molecular complexity index is 1100. The van der Waals surface area contributed by atoms with Crippen LogP contribution in [0.2, 0.25) is 0 Å². The van der Waals surface area contributed by atoms with Crippen molar-refractivity contribution in [1.29, 1.82) is 5.26 Å².